The van der Waals surface area contributed by atoms with Crippen molar-refractivity contribution in [3.8, 4) is 16.8 Å². The lowest BCUT2D eigenvalue weighted by Gasteiger charge is -2.26. The van der Waals surface area contributed by atoms with Gasteiger partial charge in [0.25, 0.3) is 0 Å². The Morgan fingerprint density at radius 1 is 0.549 bits per heavy atom. The van der Waals surface area contributed by atoms with E-state index in [2.05, 4.69) is 198 Å². The molecule has 1 aromatic heterocycles. The highest BCUT2D eigenvalue weighted by Gasteiger charge is 2.18. The van der Waals surface area contributed by atoms with Gasteiger partial charge in [0.15, 0.2) is 0 Å². The number of nitrogens with zero attached hydrogens (tertiary/aromatic N) is 2. The minimum Gasteiger partial charge on any atom is -0.337 e. The summed E-state index contributed by atoms with van der Waals surface area (Å²) >= 11 is 0. The Hall–Kier alpha value is -6.38. The highest BCUT2D eigenvalue weighted by atomic mass is 15.1. The number of allylic oxidation sites excluding steroid dienone is 8. The maximum Gasteiger partial charge on any atom is 0.0541 e. The predicted molar refractivity (Wildman–Crippen MR) is 219 cm³/mol. The zero-order valence-electron chi connectivity index (χ0n) is 28.5. The minimum atomic E-state index is 0.715. The fourth-order valence-electron chi connectivity index (χ4n) is 7.64. The van der Waals surface area contributed by atoms with Crippen molar-refractivity contribution in [2.75, 3.05) is 11.4 Å². The monoisotopic (exact) mass is 654 g/mol. The van der Waals surface area contributed by atoms with Gasteiger partial charge in [-0.1, -0.05) is 140 Å². The summed E-state index contributed by atoms with van der Waals surface area (Å²) in [4.78, 5) is 2.40. The quantitative estimate of drug-likeness (QED) is 0.179. The number of fused-ring (bicyclic) bond motifs is 4. The van der Waals surface area contributed by atoms with Crippen molar-refractivity contribution < 1.29 is 0 Å². The molecule has 0 spiro atoms. The van der Waals surface area contributed by atoms with Gasteiger partial charge in [-0.05, 0) is 100 Å². The normalized spacial score (nSPS) is 14.5. The molecule has 0 atom stereocenters. The molecule has 244 valence electrons. The van der Waals surface area contributed by atoms with Crippen LogP contribution in [0, 0.1) is 0 Å². The third-order valence-electron chi connectivity index (χ3n) is 10.3. The first-order valence-electron chi connectivity index (χ1n) is 17.8. The fraction of sp³-hybridized carbons (Fsp3) is 0.0612. The number of benzene rings is 6. The van der Waals surface area contributed by atoms with Crippen LogP contribution in [-0.2, 0) is 0 Å². The smallest absolute Gasteiger partial charge is 0.0541 e. The molecule has 0 N–H and O–H groups in total. The lowest BCUT2D eigenvalue weighted by atomic mass is 9.97. The second-order valence-corrected chi connectivity index (χ2v) is 13.3. The van der Waals surface area contributed by atoms with E-state index in [1.54, 1.807) is 0 Å². The molecule has 51 heavy (non-hydrogen) atoms. The van der Waals surface area contributed by atoms with Crippen LogP contribution in [-0.4, -0.2) is 11.1 Å². The second kappa shape index (κ2) is 13.2. The number of rotatable bonds is 5. The molecule has 0 bridgehead atoms. The molecule has 0 radical (unpaired) electrons. The van der Waals surface area contributed by atoms with Gasteiger partial charge in [-0.25, -0.2) is 0 Å². The molecule has 9 rings (SSSR count). The number of para-hydroxylation sites is 2. The Kier molecular flexibility index (Phi) is 7.91. The van der Waals surface area contributed by atoms with Crippen molar-refractivity contribution in [1.82, 2.24) is 4.57 Å². The van der Waals surface area contributed by atoms with Gasteiger partial charge >= 0.3 is 0 Å². The second-order valence-electron chi connectivity index (χ2n) is 13.3. The molecule has 0 saturated carbocycles. The van der Waals surface area contributed by atoms with Crippen molar-refractivity contribution >= 4 is 49.9 Å². The molecule has 2 heteroatoms. The van der Waals surface area contributed by atoms with Crippen LogP contribution in [0.3, 0.4) is 0 Å². The van der Waals surface area contributed by atoms with E-state index in [1.165, 1.54) is 60.9 Å². The summed E-state index contributed by atoms with van der Waals surface area (Å²) in [6.45, 7) is 5.24. The topological polar surface area (TPSA) is 8.17 Å². The van der Waals surface area contributed by atoms with Crippen molar-refractivity contribution in [3.63, 3.8) is 0 Å². The number of hydrogen-bond donors (Lipinski definition) is 0. The van der Waals surface area contributed by atoms with Crippen LogP contribution < -0.4 is 4.90 Å². The molecule has 2 heterocycles. The van der Waals surface area contributed by atoms with E-state index in [0.717, 1.165) is 35.4 Å². The molecular weight excluding hydrogens is 617 g/mol. The van der Waals surface area contributed by atoms with Crippen LogP contribution >= 0.6 is 0 Å². The largest absolute Gasteiger partial charge is 0.337 e. The minimum absolute atomic E-state index is 0.715. The van der Waals surface area contributed by atoms with Crippen molar-refractivity contribution in [1.29, 1.82) is 0 Å². The van der Waals surface area contributed by atoms with Crippen molar-refractivity contribution in [2.45, 2.75) is 12.8 Å². The molecule has 0 amide bonds. The summed E-state index contributed by atoms with van der Waals surface area (Å²) in [5.41, 5.74) is 15.5. The van der Waals surface area contributed by atoms with Crippen LogP contribution in [0.4, 0.5) is 11.4 Å². The van der Waals surface area contributed by atoms with Gasteiger partial charge in [0.05, 0.1) is 11.0 Å². The first kappa shape index (κ1) is 30.7. The number of aromatic nitrogens is 1. The van der Waals surface area contributed by atoms with Gasteiger partial charge in [0.2, 0.25) is 0 Å². The van der Waals surface area contributed by atoms with Gasteiger partial charge in [0.1, 0.15) is 0 Å². The van der Waals surface area contributed by atoms with E-state index in [1.807, 2.05) is 0 Å². The Labute approximate surface area is 299 Å². The Balaban J connectivity index is 1.11. The van der Waals surface area contributed by atoms with Gasteiger partial charge in [-0.3, -0.25) is 0 Å². The van der Waals surface area contributed by atoms with E-state index >= 15 is 0 Å². The SMILES string of the molecule is C=C1C=CC(c2ccc3c(c2)c2ccccc2n3-c2ccc(C3=CC=CCC3)cc2)=CCN(c2ccc(-c3ccccc3)cc2)c2ccccc21. The molecular formula is C49H38N2. The van der Waals surface area contributed by atoms with Gasteiger partial charge < -0.3 is 9.47 Å². The van der Waals surface area contributed by atoms with E-state index in [0.29, 0.717) is 6.54 Å². The van der Waals surface area contributed by atoms with Crippen LogP contribution in [0.2, 0.25) is 0 Å². The third-order valence-corrected chi connectivity index (χ3v) is 10.3. The highest BCUT2D eigenvalue weighted by molar-refractivity contribution is 6.10. The maximum atomic E-state index is 4.52. The molecule has 6 aromatic carbocycles. The van der Waals surface area contributed by atoms with Crippen molar-refractivity contribution in [2.24, 2.45) is 0 Å². The zero-order chi connectivity index (χ0) is 34.1. The van der Waals surface area contributed by atoms with Gasteiger partial charge in [-0.2, -0.15) is 0 Å². The summed E-state index contributed by atoms with van der Waals surface area (Å²) in [6.07, 6.45) is 15.6. The Bertz CT molecular complexity index is 2540. The van der Waals surface area contributed by atoms with Gasteiger partial charge in [-0.15, -0.1) is 0 Å². The zero-order valence-corrected chi connectivity index (χ0v) is 28.5. The molecule has 2 aliphatic rings. The average molecular weight is 655 g/mol. The summed E-state index contributed by atoms with van der Waals surface area (Å²) < 4.78 is 2.40. The van der Waals surface area contributed by atoms with Crippen LogP contribution in [0.25, 0.3) is 55.3 Å². The standard InChI is InChI=1S/C49H38N2/c1-35-20-21-40(32-33-50(47-18-10-8-16-44(35)47)42-27-22-38(23-28-42)36-12-4-2-5-13-36)41-26-31-49-46(34-41)45-17-9-11-19-48(45)51(49)43-29-24-39(25-30-43)37-14-6-3-7-15-37/h2-6,8-14,16-32,34H,1,7,15,33H2. The molecule has 2 nitrogen and oxygen atoms in total. The lowest BCUT2D eigenvalue weighted by molar-refractivity contribution is 1.05. The van der Waals surface area contributed by atoms with E-state index in [4.69, 9.17) is 0 Å². The summed E-state index contributed by atoms with van der Waals surface area (Å²) in [6, 6.07) is 52.8. The maximum absolute atomic E-state index is 4.52. The molecule has 1 aliphatic heterocycles. The molecule has 0 unspecified atom stereocenters. The van der Waals surface area contributed by atoms with Crippen LogP contribution in [0.15, 0.2) is 189 Å². The average Bonchev–Trinajstić information content (AvgIpc) is 3.56. The van der Waals surface area contributed by atoms with E-state index in [-0.39, 0.29) is 0 Å². The van der Waals surface area contributed by atoms with E-state index in [9.17, 15) is 0 Å². The van der Waals surface area contributed by atoms with Crippen molar-refractivity contribution in [3.05, 3.63) is 205 Å². The number of anilines is 2. The first-order valence-corrected chi connectivity index (χ1v) is 17.8. The summed E-state index contributed by atoms with van der Waals surface area (Å²) in [5.74, 6) is 0. The summed E-state index contributed by atoms with van der Waals surface area (Å²) in [5, 5.41) is 2.50. The highest BCUT2D eigenvalue weighted by Crippen LogP contribution is 2.38. The van der Waals surface area contributed by atoms with Crippen LogP contribution in [0.1, 0.15) is 29.5 Å². The fourth-order valence-corrected chi connectivity index (χ4v) is 7.64. The lowest BCUT2D eigenvalue weighted by Crippen LogP contribution is -2.18. The first-order chi connectivity index (χ1) is 25.2. The Morgan fingerprint density at radius 2 is 1.24 bits per heavy atom. The van der Waals surface area contributed by atoms with Crippen LogP contribution in [0.5, 0.6) is 0 Å². The third kappa shape index (κ3) is 5.75. The Morgan fingerprint density at radius 3 is 2.06 bits per heavy atom. The molecule has 0 fully saturated rings. The predicted octanol–water partition coefficient (Wildman–Crippen LogP) is 13.0. The van der Waals surface area contributed by atoms with E-state index < -0.39 is 0 Å². The molecule has 0 saturated heterocycles. The number of hydrogen-bond acceptors (Lipinski definition) is 1. The molecule has 1 aliphatic carbocycles. The summed E-state index contributed by atoms with van der Waals surface area (Å²) in [7, 11) is 0. The van der Waals surface area contributed by atoms with Gasteiger partial charge in [0, 0.05) is 39.9 Å². The molecule has 7 aromatic rings.